The van der Waals surface area contributed by atoms with Crippen LogP contribution in [-0.4, -0.2) is 19.2 Å². The van der Waals surface area contributed by atoms with Gasteiger partial charge in [-0.3, -0.25) is 0 Å². The molecule has 86 valence electrons. The van der Waals surface area contributed by atoms with Crippen molar-refractivity contribution < 1.29 is 9.53 Å². The molecule has 16 heavy (non-hydrogen) atoms. The molecule has 1 saturated heterocycles. The number of ether oxygens (including phenoxy) is 1. The molecule has 0 radical (unpaired) electrons. The first-order valence-corrected chi connectivity index (χ1v) is 5.34. The van der Waals surface area contributed by atoms with E-state index in [9.17, 15) is 4.79 Å². The normalized spacial score (nSPS) is 24.8. The molecule has 1 aliphatic heterocycles. The molecule has 1 aliphatic rings. The van der Waals surface area contributed by atoms with Gasteiger partial charge in [0.25, 0.3) is 0 Å². The van der Waals surface area contributed by atoms with Gasteiger partial charge in [0.1, 0.15) is 6.61 Å². The van der Waals surface area contributed by atoms with Crippen LogP contribution in [0.3, 0.4) is 0 Å². The fourth-order valence-corrected chi connectivity index (χ4v) is 1.82. The standard InChI is InChI=1S/C12H16N2O2/c1-12(7-14-11(15)16-8-12)10-4-2-9(6-13)3-5-10/h2-5H,6-8,13H2,1H3,(H,14,15). The molecule has 1 atom stereocenters. The van der Waals surface area contributed by atoms with Gasteiger partial charge in [0.15, 0.2) is 0 Å². The number of hydrogen-bond acceptors (Lipinski definition) is 3. The number of benzene rings is 1. The minimum Gasteiger partial charge on any atom is -0.449 e. The number of nitrogens with two attached hydrogens (primary N) is 1. The number of hydrogen-bond donors (Lipinski definition) is 2. The maximum Gasteiger partial charge on any atom is 0.407 e. The molecule has 0 saturated carbocycles. The highest BCUT2D eigenvalue weighted by atomic mass is 16.6. The number of amides is 1. The van der Waals surface area contributed by atoms with Crippen molar-refractivity contribution in [2.45, 2.75) is 18.9 Å². The van der Waals surface area contributed by atoms with E-state index in [1.165, 1.54) is 0 Å². The monoisotopic (exact) mass is 220 g/mol. The van der Waals surface area contributed by atoms with Crippen LogP contribution in [0.4, 0.5) is 4.79 Å². The highest BCUT2D eigenvalue weighted by Gasteiger charge is 2.32. The first kappa shape index (κ1) is 11.0. The zero-order valence-corrected chi connectivity index (χ0v) is 9.32. The Kier molecular flexibility index (Phi) is 2.83. The quantitative estimate of drug-likeness (QED) is 0.785. The van der Waals surface area contributed by atoms with Gasteiger partial charge in [-0.2, -0.15) is 0 Å². The molecule has 1 fully saturated rings. The Morgan fingerprint density at radius 1 is 1.44 bits per heavy atom. The van der Waals surface area contributed by atoms with Crippen LogP contribution in [-0.2, 0) is 16.7 Å². The molecule has 0 spiro atoms. The van der Waals surface area contributed by atoms with Gasteiger partial charge in [-0.25, -0.2) is 4.79 Å². The molecule has 0 aromatic heterocycles. The third-order valence-corrected chi connectivity index (χ3v) is 3.03. The number of alkyl carbamates (subject to hydrolysis) is 1. The summed E-state index contributed by atoms with van der Waals surface area (Å²) >= 11 is 0. The van der Waals surface area contributed by atoms with E-state index in [2.05, 4.69) is 12.2 Å². The van der Waals surface area contributed by atoms with Crippen molar-refractivity contribution in [2.75, 3.05) is 13.2 Å². The number of nitrogens with one attached hydrogen (secondary N) is 1. The summed E-state index contributed by atoms with van der Waals surface area (Å²) in [6.07, 6.45) is -0.337. The smallest absolute Gasteiger partial charge is 0.407 e. The maximum atomic E-state index is 10.9. The zero-order chi connectivity index (χ0) is 11.6. The lowest BCUT2D eigenvalue weighted by Gasteiger charge is -2.33. The van der Waals surface area contributed by atoms with Gasteiger partial charge in [0.05, 0.1) is 0 Å². The van der Waals surface area contributed by atoms with Gasteiger partial charge in [-0.1, -0.05) is 31.2 Å². The summed E-state index contributed by atoms with van der Waals surface area (Å²) in [6, 6.07) is 8.11. The molecule has 2 rings (SSSR count). The fourth-order valence-electron chi connectivity index (χ4n) is 1.82. The molecule has 1 amide bonds. The highest BCUT2D eigenvalue weighted by Crippen LogP contribution is 2.26. The Morgan fingerprint density at radius 3 is 2.62 bits per heavy atom. The predicted octanol–water partition coefficient (Wildman–Crippen LogP) is 1.14. The Bertz CT molecular complexity index is 377. The minimum atomic E-state index is -0.337. The second kappa shape index (κ2) is 4.14. The van der Waals surface area contributed by atoms with Crippen LogP contribution in [0, 0.1) is 0 Å². The van der Waals surface area contributed by atoms with Gasteiger partial charge in [-0.15, -0.1) is 0 Å². The summed E-state index contributed by atoms with van der Waals surface area (Å²) in [6.45, 7) is 3.64. The fraction of sp³-hybridized carbons (Fsp3) is 0.417. The van der Waals surface area contributed by atoms with Gasteiger partial charge in [0, 0.05) is 18.5 Å². The van der Waals surface area contributed by atoms with Crippen molar-refractivity contribution in [3.8, 4) is 0 Å². The van der Waals surface area contributed by atoms with Crippen molar-refractivity contribution in [2.24, 2.45) is 5.73 Å². The SMILES string of the molecule is CC1(c2ccc(CN)cc2)CNC(=O)OC1. The average molecular weight is 220 g/mol. The second-order valence-corrected chi connectivity index (χ2v) is 4.39. The molecular weight excluding hydrogens is 204 g/mol. The van der Waals surface area contributed by atoms with Crippen LogP contribution in [0.25, 0.3) is 0 Å². The summed E-state index contributed by atoms with van der Waals surface area (Å²) in [5, 5.41) is 2.71. The number of rotatable bonds is 2. The second-order valence-electron chi connectivity index (χ2n) is 4.39. The van der Waals surface area contributed by atoms with Gasteiger partial charge in [0.2, 0.25) is 0 Å². The molecule has 1 unspecified atom stereocenters. The van der Waals surface area contributed by atoms with Crippen molar-refractivity contribution in [3.05, 3.63) is 35.4 Å². The lowest BCUT2D eigenvalue weighted by Crippen LogP contribution is -2.48. The Balaban J connectivity index is 2.19. The topological polar surface area (TPSA) is 64.3 Å². The first-order chi connectivity index (χ1) is 7.64. The largest absolute Gasteiger partial charge is 0.449 e. The number of carbonyl (C=O) groups excluding carboxylic acids is 1. The van der Waals surface area contributed by atoms with E-state index >= 15 is 0 Å². The van der Waals surface area contributed by atoms with Crippen LogP contribution in [0.1, 0.15) is 18.1 Å². The molecule has 1 heterocycles. The first-order valence-electron chi connectivity index (χ1n) is 5.34. The van der Waals surface area contributed by atoms with E-state index in [1.807, 2.05) is 24.3 Å². The van der Waals surface area contributed by atoms with Gasteiger partial charge < -0.3 is 15.8 Å². The van der Waals surface area contributed by atoms with Gasteiger partial charge in [-0.05, 0) is 11.1 Å². The number of carbonyl (C=O) groups is 1. The summed E-state index contributed by atoms with van der Waals surface area (Å²) in [4.78, 5) is 10.9. The van der Waals surface area contributed by atoms with Crippen molar-refractivity contribution >= 4 is 6.09 Å². The van der Waals surface area contributed by atoms with Crippen LogP contribution >= 0.6 is 0 Å². The zero-order valence-electron chi connectivity index (χ0n) is 9.32. The van der Waals surface area contributed by atoms with Crippen molar-refractivity contribution in [1.82, 2.24) is 5.32 Å². The van der Waals surface area contributed by atoms with E-state index in [0.717, 1.165) is 11.1 Å². The van der Waals surface area contributed by atoms with Crippen LogP contribution < -0.4 is 11.1 Å². The maximum absolute atomic E-state index is 10.9. The van der Waals surface area contributed by atoms with E-state index in [0.29, 0.717) is 19.7 Å². The lowest BCUT2D eigenvalue weighted by atomic mass is 9.82. The Labute approximate surface area is 94.8 Å². The molecule has 0 aliphatic carbocycles. The Morgan fingerprint density at radius 2 is 2.12 bits per heavy atom. The van der Waals surface area contributed by atoms with E-state index in [4.69, 9.17) is 10.5 Å². The van der Waals surface area contributed by atoms with Crippen molar-refractivity contribution in [3.63, 3.8) is 0 Å². The highest BCUT2D eigenvalue weighted by molar-refractivity contribution is 5.68. The van der Waals surface area contributed by atoms with Crippen LogP contribution in [0.5, 0.6) is 0 Å². The lowest BCUT2D eigenvalue weighted by molar-refractivity contribution is 0.0929. The van der Waals surface area contributed by atoms with E-state index in [1.54, 1.807) is 0 Å². The minimum absolute atomic E-state index is 0.152. The molecule has 3 N–H and O–H groups in total. The van der Waals surface area contributed by atoms with Crippen LogP contribution in [0.15, 0.2) is 24.3 Å². The third-order valence-electron chi connectivity index (χ3n) is 3.03. The summed E-state index contributed by atoms with van der Waals surface area (Å²) < 4.78 is 5.03. The van der Waals surface area contributed by atoms with Crippen LogP contribution in [0.2, 0.25) is 0 Å². The molecule has 4 nitrogen and oxygen atoms in total. The summed E-state index contributed by atoms with van der Waals surface area (Å²) in [5.74, 6) is 0. The molecule has 0 bridgehead atoms. The third kappa shape index (κ3) is 2.02. The van der Waals surface area contributed by atoms with E-state index < -0.39 is 0 Å². The molecule has 1 aromatic carbocycles. The average Bonchev–Trinajstić information content (AvgIpc) is 2.33. The summed E-state index contributed by atoms with van der Waals surface area (Å²) in [5.41, 5.74) is 7.66. The number of cyclic esters (lactones) is 1. The molecular formula is C12H16N2O2. The van der Waals surface area contributed by atoms with Crippen molar-refractivity contribution in [1.29, 1.82) is 0 Å². The summed E-state index contributed by atoms with van der Waals surface area (Å²) in [7, 11) is 0. The molecule has 1 aromatic rings. The predicted molar refractivity (Wildman–Crippen MR) is 61.0 cm³/mol. The molecule has 4 heteroatoms. The van der Waals surface area contributed by atoms with E-state index in [-0.39, 0.29) is 11.5 Å². The Hall–Kier alpha value is -1.55. The van der Waals surface area contributed by atoms with Gasteiger partial charge >= 0.3 is 6.09 Å².